The normalized spacial score (nSPS) is 11.2. The van der Waals surface area contributed by atoms with E-state index in [9.17, 15) is 0 Å². The molecule has 0 atom stereocenters. The van der Waals surface area contributed by atoms with Gasteiger partial charge in [0.2, 0.25) is 0 Å². The van der Waals surface area contributed by atoms with Gasteiger partial charge in [0.25, 0.3) is 0 Å². The summed E-state index contributed by atoms with van der Waals surface area (Å²) >= 11 is 0. The number of nitrogens with zero attached hydrogens (tertiary/aromatic N) is 3. The average molecular weight is 264 g/mol. The average Bonchev–Trinajstić information content (AvgIpc) is 2.36. The standard InChI is InChI=1S/C15H28N4/c1-8-9-16-14-12(6)15(19(7)11(4)5)18-13(17-14)10(2)3/h10-11H,8-9H2,1-7H3,(H,16,17,18). The minimum atomic E-state index is 0.335. The Morgan fingerprint density at radius 1 is 1.16 bits per heavy atom. The van der Waals surface area contributed by atoms with Crippen molar-refractivity contribution in [1.82, 2.24) is 9.97 Å². The Bertz CT molecular complexity index is 413. The third kappa shape index (κ3) is 3.82. The summed E-state index contributed by atoms with van der Waals surface area (Å²) in [4.78, 5) is 11.6. The molecular formula is C15H28N4. The molecule has 0 aliphatic carbocycles. The number of aromatic nitrogens is 2. The van der Waals surface area contributed by atoms with Gasteiger partial charge in [-0.1, -0.05) is 20.8 Å². The summed E-state index contributed by atoms with van der Waals surface area (Å²) in [6, 6.07) is 0.424. The highest BCUT2D eigenvalue weighted by molar-refractivity contribution is 5.58. The molecule has 1 rings (SSSR count). The van der Waals surface area contributed by atoms with Crippen molar-refractivity contribution in [3.8, 4) is 0 Å². The molecule has 0 aliphatic heterocycles. The molecule has 0 amide bonds. The molecule has 19 heavy (non-hydrogen) atoms. The summed E-state index contributed by atoms with van der Waals surface area (Å²) in [5.74, 6) is 3.25. The highest BCUT2D eigenvalue weighted by Gasteiger charge is 2.17. The number of anilines is 2. The first kappa shape index (κ1) is 15.7. The largest absolute Gasteiger partial charge is 0.370 e. The highest BCUT2D eigenvalue weighted by Crippen LogP contribution is 2.26. The predicted molar refractivity (Wildman–Crippen MR) is 83.2 cm³/mol. The molecule has 4 nitrogen and oxygen atoms in total. The van der Waals surface area contributed by atoms with Crippen LogP contribution >= 0.6 is 0 Å². The van der Waals surface area contributed by atoms with E-state index in [0.717, 1.165) is 36.0 Å². The summed E-state index contributed by atoms with van der Waals surface area (Å²) in [5, 5.41) is 3.41. The fourth-order valence-corrected chi connectivity index (χ4v) is 1.78. The van der Waals surface area contributed by atoms with Gasteiger partial charge in [0, 0.05) is 31.1 Å². The lowest BCUT2D eigenvalue weighted by Crippen LogP contribution is -2.28. The minimum absolute atomic E-state index is 0.335. The van der Waals surface area contributed by atoms with E-state index in [1.807, 2.05) is 0 Å². The number of hydrogen-bond acceptors (Lipinski definition) is 4. The Morgan fingerprint density at radius 2 is 1.79 bits per heavy atom. The molecular weight excluding hydrogens is 236 g/mol. The fraction of sp³-hybridized carbons (Fsp3) is 0.733. The number of hydrogen-bond donors (Lipinski definition) is 1. The monoisotopic (exact) mass is 264 g/mol. The second kappa shape index (κ2) is 6.73. The molecule has 1 aromatic rings. The fourth-order valence-electron chi connectivity index (χ4n) is 1.78. The Balaban J connectivity index is 3.24. The minimum Gasteiger partial charge on any atom is -0.370 e. The van der Waals surface area contributed by atoms with Gasteiger partial charge in [-0.25, -0.2) is 9.97 Å². The van der Waals surface area contributed by atoms with Crippen LogP contribution in [0.15, 0.2) is 0 Å². The Kier molecular flexibility index (Phi) is 5.58. The van der Waals surface area contributed by atoms with Crippen LogP contribution in [0.3, 0.4) is 0 Å². The van der Waals surface area contributed by atoms with Crippen molar-refractivity contribution in [2.24, 2.45) is 0 Å². The SMILES string of the molecule is CCCNc1nc(C(C)C)nc(N(C)C(C)C)c1C. The van der Waals surface area contributed by atoms with Crippen LogP contribution in [0, 0.1) is 6.92 Å². The van der Waals surface area contributed by atoms with Crippen LogP contribution in [0.2, 0.25) is 0 Å². The third-order valence-corrected chi connectivity index (χ3v) is 3.30. The Morgan fingerprint density at radius 3 is 2.26 bits per heavy atom. The van der Waals surface area contributed by atoms with Crippen molar-refractivity contribution in [2.45, 2.75) is 59.9 Å². The Hall–Kier alpha value is -1.32. The molecule has 0 saturated heterocycles. The van der Waals surface area contributed by atoms with Gasteiger partial charge >= 0.3 is 0 Å². The molecule has 1 heterocycles. The molecule has 0 spiro atoms. The van der Waals surface area contributed by atoms with Crippen molar-refractivity contribution < 1.29 is 0 Å². The first-order valence-electron chi connectivity index (χ1n) is 7.23. The lowest BCUT2D eigenvalue weighted by Gasteiger charge is -2.26. The van der Waals surface area contributed by atoms with E-state index >= 15 is 0 Å². The smallest absolute Gasteiger partial charge is 0.137 e. The van der Waals surface area contributed by atoms with Crippen LogP contribution in [0.25, 0.3) is 0 Å². The zero-order valence-corrected chi connectivity index (χ0v) is 13.4. The van der Waals surface area contributed by atoms with Crippen LogP contribution < -0.4 is 10.2 Å². The molecule has 0 aliphatic rings. The zero-order valence-electron chi connectivity index (χ0n) is 13.4. The molecule has 0 bridgehead atoms. The summed E-state index contributed by atoms with van der Waals surface area (Å²) in [7, 11) is 2.09. The van der Waals surface area contributed by atoms with E-state index in [4.69, 9.17) is 4.98 Å². The molecule has 1 aromatic heterocycles. The second-order valence-corrected chi connectivity index (χ2v) is 5.67. The van der Waals surface area contributed by atoms with Crippen molar-refractivity contribution in [3.63, 3.8) is 0 Å². The van der Waals surface area contributed by atoms with E-state index in [1.165, 1.54) is 0 Å². The molecule has 0 saturated carbocycles. The first-order valence-corrected chi connectivity index (χ1v) is 7.23. The van der Waals surface area contributed by atoms with Crippen LogP contribution in [-0.4, -0.2) is 29.6 Å². The van der Waals surface area contributed by atoms with Crippen LogP contribution in [0.5, 0.6) is 0 Å². The molecule has 0 unspecified atom stereocenters. The number of nitrogens with one attached hydrogen (secondary N) is 1. The maximum atomic E-state index is 4.74. The van der Waals surface area contributed by atoms with Gasteiger partial charge in [0.1, 0.15) is 17.5 Å². The predicted octanol–water partition coefficient (Wildman–Crippen LogP) is 3.57. The number of rotatable bonds is 6. The van der Waals surface area contributed by atoms with Gasteiger partial charge in [0.05, 0.1) is 0 Å². The van der Waals surface area contributed by atoms with Gasteiger partial charge < -0.3 is 10.2 Å². The van der Waals surface area contributed by atoms with Crippen molar-refractivity contribution in [1.29, 1.82) is 0 Å². The maximum Gasteiger partial charge on any atom is 0.137 e. The van der Waals surface area contributed by atoms with Crippen molar-refractivity contribution in [2.75, 3.05) is 23.8 Å². The lowest BCUT2D eigenvalue weighted by atomic mass is 10.2. The Labute approximate surface area is 117 Å². The van der Waals surface area contributed by atoms with Crippen molar-refractivity contribution >= 4 is 11.6 Å². The van der Waals surface area contributed by atoms with Crippen molar-refractivity contribution in [3.05, 3.63) is 11.4 Å². The summed E-state index contributed by atoms with van der Waals surface area (Å²) in [5.41, 5.74) is 1.13. The first-order chi connectivity index (χ1) is 8.88. The molecule has 0 aromatic carbocycles. The maximum absolute atomic E-state index is 4.74. The van der Waals surface area contributed by atoms with Gasteiger partial charge in [0.15, 0.2) is 0 Å². The summed E-state index contributed by atoms with van der Waals surface area (Å²) in [6.07, 6.45) is 1.09. The topological polar surface area (TPSA) is 41.1 Å². The second-order valence-electron chi connectivity index (χ2n) is 5.67. The molecule has 0 fully saturated rings. The van der Waals surface area contributed by atoms with Crippen LogP contribution in [-0.2, 0) is 0 Å². The molecule has 4 heteroatoms. The summed E-state index contributed by atoms with van der Waals surface area (Å²) < 4.78 is 0. The van der Waals surface area contributed by atoms with Gasteiger partial charge in [-0.15, -0.1) is 0 Å². The molecule has 0 radical (unpaired) electrons. The zero-order chi connectivity index (χ0) is 14.6. The van der Waals surface area contributed by atoms with E-state index in [-0.39, 0.29) is 0 Å². The van der Waals surface area contributed by atoms with Gasteiger partial charge in [-0.05, 0) is 27.2 Å². The van der Waals surface area contributed by atoms with E-state index < -0.39 is 0 Å². The highest BCUT2D eigenvalue weighted by atomic mass is 15.2. The summed E-state index contributed by atoms with van der Waals surface area (Å²) in [6.45, 7) is 13.8. The van der Waals surface area contributed by atoms with Crippen LogP contribution in [0.1, 0.15) is 58.3 Å². The van der Waals surface area contributed by atoms with E-state index in [2.05, 4.69) is 63.8 Å². The quantitative estimate of drug-likeness (QED) is 0.852. The van der Waals surface area contributed by atoms with Gasteiger partial charge in [-0.3, -0.25) is 0 Å². The van der Waals surface area contributed by atoms with Crippen LogP contribution in [0.4, 0.5) is 11.6 Å². The lowest BCUT2D eigenvalue weighted by molar-refractivity contribution is 0.715. The molecule has 1 N–H and O–H groups in total. The van der Waals surface area contributed by atoms with E-state index in [1.54, 1.807) is 0 Å². The molecule has 108 valence electrons. The van der Waals surface area contributed by atoms with E-state index in [0.29, 0.717) is 12.0 Å². The van der Waals surface area contributed by atoms with Gasteiger partial charge in [-0.2, -0.15) is 0 Å². The third-order valence-electron chi connectivity index (χ3n) is 3.30.